The SMILES string of the molecule is CCCOc1c(Br)cc(C(=O)NNC(=O)c2cccs2)cc1OC. The number of carbonyl (C=O) groups excluding carboxylic acids is 2. The number of methoxy groups -OCH3 is 1. The van der Waals surface area contributed by atoms with Crippen molar-refractivity contribution < 1.29 is 19.1 Å². The number of ether oxygens (including phenoxy) is 2. The predicted molar refractivity (Wildman–Crippen MR) is 95.7 cm³/mol. The third-order valence-corrected chi connectivity index (χ3v) is 4.43. The quantitative estimate of drug-likeness (QED) is 0.712. The second kappa shape index (κ2) is 8.70. The summed E-state index contributed by atoms with van der Waals surface area (Å²) in [5.74, 6) is 0.152. The Hall–Kier alpha value is -2.06. The first-order chi connectivity index (χ1) is 11.6. The average molecular weight is 413 g/mol. The minimum absolute atomic E-state index is 0.328. The lowest BCUT2D eigenvalue weighted by molar-refractivity contribution is 0.0848. The lowest BCUT2D eigenvalue weighted by Crippen LogP contribution is -2.41. The van der Waals surface area contributed by atoms with Gasteiger partial charge in [0.25, 0.3) is 11.8 Å². The Morgan fingerprint density at radius 3 is 2.62 bits per heavy atom. The molecule has 1 heterocycles. The van der Waals surface area contributed by atoms with Crippen LogP contribution in [-0.2, 0) is 0 Å². The van der Waals surface area contributed by atoms with Gasteiger partial charge in [0, 0.05) is 5.56 Å². The molecule has 0 fully saturated rings. The van der Waals surface area contributed by atoms with E-state index in [1.165, 1.54) is 18.4 Å². The number of halogens is 1. The summed E-state index contributed by atoms with van der Waals surface area (Å²) in [5, 5.41) is 1.79. The van der Waals surface area contributed by atoms with E-state index in [9.17, 15) is 9.59 Å². The number of amides is 2. The molecule has 0 spiro atoms. The number of hydrogen-bond acceptors (Lipinski definition) is 5. The molecule has 2 rings (SSSR count). The molecule has 2 aromatic rings. The van der Waals surface area contributed by atoms with Crippen molar-refractivity contribution in [3.63, 3.8) is 0 Å². The number of benzene rings is 1. The summed E-state index contributed by atoms with van der Waals surface area (Å²) >= 11 is 4.67. The maximum Gasteiger partial charge on any atom is 0.279 e. The zero-order valence-electron chi connectivity index (χ0n) is 13.2. The Morgan fingerprint density at radius 2 is 2.00 bits per heavy atom. The Bertz CT molecular complexity index is 719. The van der Waals surface area contributed by atoms with Crippen LogP contribution in [-0.4, -0.2) is 25.5 Å². The van der Waals surface area contributed by atoms with E-state index in [4.69, 9.17) is 9.47 Å². The number of rotatable bonds is 6. The molecule has 1 aromatic carbocycles. The number of hydrazine groups is 1. The molecule has 0 saturated heterocycles. The molecule has 0 bridgehead atoms. The van der Waals surface area contributed by atoms with E-state index >= 15 is 0 Å². The summed E-state index contributed by atoms with van der Waals surface area (Å²) in [6, 6.07) is 6.60. The fourth-order valence-corrected chi connectivity index (χ4v) is 3.03. The van der Waals surface area contributed by atoms with Gasteiger partial charge in [-0.15, -0.1) is 11.3 Å². The Morgan fingerprint density at radius 1 is 1.25 bits per heavy atom. The summed E-state index contributed by atoms with van der Waals surface area (Å²) in [5.41, 5.74) is 5.08. The molecule has 2 N–H and O–H groups in total. The number of carbonyl (C=O) groups is 2. The minimum Gasteiger partial charge on any atom is -0.493 e. The lowest BCUT2D eigenvalue weighted by Gasteiger charge is -2.14. The molecule has 24 heavy (non-hydrogen) atoms. The van der Waals surface area contributed by atoms with Crippen molar-refractivity contribution in [1.29, 1.82) is 0 Å². The van der Waals surface area contributed by atoms with Gasteiger partial charge in [0.2, 0.25) is 0 Å². The van der Waals surface area contributed by atoms with Gasteiger partial charge in [0.1, 0.15) is 0 Å². The monoisotopic (exact) mass is 412 g/mol. The second-order valence-corrected chi connectivity index (χ2v) is 6.53. The third kappa shape index (κ3) is 4.48. The zero-order valence-corrected chi connectivity index (χ0v) is 15.6. The Kier molecular flexibility index (Phi) is 6.62. The highest BCUT2D eigenvalue weighted by atomic mass is 79.9. The van der Waals surface area contributed by atoms with E-state index < -0.39 is 5.91 Å². The van der Waals surface area contributed by atoms with Gasteiger partial charge in [-0.2, -0.15) is 0 Å². The molecule has 6 nitrogen and oxygen atoms in total. The van der Waals surface area contributed by atoms with E-state index in [-0.39, 0.29) is 5.91 Å². The van der Waals surface area contributed by atoms with E-state index in [2.05, 4.69) is 26.8 Å². The topological polar surface area (TPSA) is 76.7 Å². The highest BCUT2D eigenvalue weighted by molar-refractivity contribution is 9.10. The Labute approximate surface area is 152 Å². The summed E-state index contributed by atoms with van der Waals surface area (Å²) in [6.07, 6.45) is 0.854. The van der Waals surface area contributed by atoms with Crippen LogP contribution in [0.1, 0.15) is 33.4 Å². The molecule has 8 heteroatoms. The van der Waals surface area contributed by atoms with Crippen LogP contribution in [0.15, 0.2) is 34.1 Å². The van der Waals surface area contributed by atoms with E-state index in [0.29, 0.717) is 33.0 Å². The number of hydrogen-bond donors (Lipinski definition) is 2. The summed E-state index contributed by atoms with van der Waals surface area (Å²) in [4.78, 5) is 24.6. The van der Waals surface area contributed by atoms with Crippen molar-refractivity contribution in [2.24, 2.45) is 0 Å². The van der Waals surface area contributed by atoms with Gasteiger partial charge in [-0.3, -0.25) is 20.4 Å². The van der Waals surface area contributed by atoms with Crippen molar-refractivity contribution in [2.75, 3.05) is 13.7 Å². The molecule has 0 saturated carbocycles. The Balaban J connectivity index is 2.09. The van der Waals surface area contributed by atoms with Crippen LogP contribution in [0.4, 0.5) is 0 Å². The molecule has 2 amide bonds. The van der Waals surface area contributed by atoms with Crippen LogP contribution < -0.4 is 20.3 Å². The summed E-state index contributed by atoms with van der Waals surface area (Å²) in [7, 11) is 1.50. The van der Waals surface area contributed by atoms with Gasteiger partial charge in [0.15, 0.2) is 11.5 Å². The fourth-order valence-electron chi connectivity index (χ4n) is 1.85. The fraction of sp³-hybridized carbons (Fsp3) is 0.250. The molecular formula is C16H17BrN2O4S. The minimum atomic E-state index is -0.457. The van der Waals surface area contributed by atoms with Crippen molar-refractivity contribution in [3.8, 4) is 11.5 Å². The van der Waals surface area contributed by atoms with Gasteiger partial charge < -0.3 is 9.47 Å². The molecule has 128 valence electrons. The molecule has 0 aliphatic rings. The van der Waals surface area contributed by atoms with Crippen LogP contribution >= 0.6 is 27.3 Å². The van der Waals surface area contributed by atoms with Crippen LogP contribution in [0.5, 0.6) is 11.5 Å². The normalized spacial score (nSPS) is 10.1. The number of nitrogens with one attached hydrogen (secondary N) is 2. The highest BCUT2D eigenvalue weighted by Gasteiger charge is 2.16. The van der Waals surface area contributed by atoms with E-state index in [1.54, 1.807) is 29.6 Å². The van der Waals surface area contributed by atoms with Crippen molar-refractivity contribution in [1.82, 2.24) is 10.9 Å². The van der Waals surface area contributed by atoms with E-state index in [0.717, 1.165) is 6.42 Å². The third-order valence-electron chi connectivity index (χ3n) is 2.98. The molecule has 0 aliphatic heterocycles. The average Bonchev–Trinajstić information content (AvgIpc) is 3.12. The van der Waals surface area contributed by atoms with Crippen molar-refractivity contribution in [3.05, 3.63) is 44.6 Å². The van der Waals surface area contributed by atoms with Crippen molar-refractivity contribution >= 4 is 39.1 Å². The van der Waals surface area contributed by atoms with Crippen LogP contribution in [0, 0.1) is 0 Å². The van der Waals surface area contributed by atoms with Gasteiger partial charge in [-0.25, -0.2) is 0 Å². The highest BCUT2D eigenvalue weighted by Crippen LogP contribution is 2.36. The first kappa shape index (κ1) is 18.3. The molecule has 1 aromatic heterocycles. The maximum absolute atomic E-state index is 12.2. The van der Waals surface area contributed by atoms with Gasteiger partial charge in [-0.05, 0) is 45.9 Å². The molecule has 0 unspecified atom stereocenters. The number of thiophene rings is 1. The predicted octanol–water partition coefficient (Wildman–Crippen LogP) is 3.38. The van der Waals surface area contributed by atoms with Gasteiger partial charge in [0.05, 0.1) is 23.1 Å². The van der Waals surface area contributed by atoms with Crippen LogP contribution in [0.2, 0.25) is 0 Å². The van der Waals surface area contributed by atoms with Gasteiger partial charge in [-0.1, -0.05) is 13.0 Å². The first-order valence-corrected chi connectivity index (χ1v) is 8.88. The molecule has 0 atom stereocenters. The van der Waals surface area contributed by atoms with Crippen LogP contribution in [0.3, 0.4) is 0 Å². The first-order valence-electron chi connectivity index (χ1n) is 7.21. The standard InChI is InChI=1S/C16H17BrN2O4S/c1-3-6-23-14-11(17)8-10(9-12(14)22-2)15(20)18-19-16(21)13-5-4-7-24-13/h4-5,7-9H,3,6H2,1-2H3,(H,18,20)(H,19,21). The van der Waals surface area contributed by atoms with E-state index in [1.807, 2.05) is 6.92 Å². The maximum atomic E-state index is 12.2. The lowest BCUT2D eigenvalue weighted by atomic mass is 10.2. The van der Waals surface area contributed by atoms with Crippen molar-refractivity contribution in [2.45, 2.75) is 13.3 Å². The summed E-state index contributed by atoms with van der Waals surface area (Å²) < 4.78 is 11.5. The molecular weight excluding hydrogens is 396 g/mol. The molecule has 0 aliphatic carbocycles. The summed E-state index contributed by atoms with van der Waals surface area (Å²) in [6.45, 7) is 2.54. The smallest absolute Gasteiger partial charge is 0.279 e. The largest absolute Gasteiger partial charge is 0.493 e. The van der Waals surface area contributed by atoms with Crippen LogP contribution in [0.25, 0.3) is 0 Å². The van der Waals surface area contributed by atoms with Gasteiger partial charge >= 0.3 is 0 Å². The molecule has 0 radical (unpaired) electrons. The second-order valence-electron chi connectivity index (χ2n) is 4.72. The zero-order chi connectivity index (χ0) is 17.5.